The lowest BCUT2D eigenvalue weighted by molar-refractivity contribution is -0.112. The number of fused-ring (bicyclic) bond motifs is 1. The zero-order valence-electron chi connectivity index (χ0n) is 8.74. The fraction of sp³-hybridized carbons (Fsp3) is 0.250. The van der Waals surface area contributed by atoms with Crippen LogP contribution in [0, 0.1) is 5.82 Å². The van der Waals surface area contributed by atoms with Crippen molar-refractivity contribution in [3.8, 4) is 0 Å². The van der Waals surface area contributed by atoms with E-state index < -0.39 is 5.60 Å². The van der Waals surface area contributed by atoms with Crippen LogP contribution in [0.25, 0.3) is 11.0 Å². The smallest absolute Gasteiger partial charge is 0.137 e. The number of carbonyl (C=O) groups is 1. The molecule has 0 aliphatic heterocycles. The van der Waals surface area contributed by atoms with Gasteiger partial charge in [0.2, 0.25) is 0 Å². The van der Waals surface area contributed by atoms with Gasteiger partial charge in [-0.3, -0.25) is 0 Å². The molecule has 16 heavy (non-hydrogen) atoms. The van der Waals surface area contributed by atoms with Crippen LogP contribution < -0.4 is 0 Å². The van der Waals surface area contributed by atoms with Gasteiger partial charge >= 0.3 is 0 Å². The van der Waals surface area contributed by atoms with Crippen LogP contribution in [0.3, 0.4) is 0 Å². The van der Waals surface area contributed by atoms with Gasteiger partial charge in [0.15, 0.2) is 0 Å². The van der Waals surface area contributed by atoms with Crippen molar-refractivity contribution in [2.75, 3.05) is 0 Å². The Morgan fingerprint density at radius 1 is 1.50 bits per heavy atom. The first-order chi connectivity index (χ1) is 7.53. The Balaban J connectivity index is 2.50. The Morgan fingerprint density at radius 3 is 2.94 bits per heavy atom. The summed E-state index contributed by atoms with van der Waals surface area (Å²) < 4.78 is 18.3. The van der Waals surface area contributed by atoms with Crippen LogP contribution >= 0.6 is 0 Å². The normalized spacial score (nSPS) is 14.9. The van der Waals surface area contributed by atoms with Crippen molar-refractivity contribution in [1.82, 2.24) is 0 Å². The van der Waals surface area contributed by atoms with Crippen LogP contribution in [0.15, 0.2) is 28.7 Å². The Labute approximate surface area is 91.5 Å². The van der Waals surface area contributed by atoms with Crippen LogP contribution in [0.5, 0.6) is 0 Å². The lowest BCUT2D eigenvalue weighted by atomic mass is 10.00. The lowest BCUT2D eigenvalue weighted by Crippen LogP contribution is -2.20. The van der Waals surface area contributed by atoms with Gasteiger partial charge in [0, 0.05) is 11.8 Å². The van der Waals surface area contributed by atoms with Gasteiger partial charge in [-0.15, -0.1) is 0 Å². The van der Waals surface area contributed by atoms with Crippen LogP contribution in [-0.2, 0) is 10.4 Å². The average molecular weight is 222 g/mol. The van der Waals surface area contributed by atoms with Crippen LogP contribution in [0.1, 0.15) is 19.1 Å². The molecular weight excluding hydrogens is 211 g/mol. The van der Waals surface area contributed by atoms with E-state index in [4.69, 9.17) is 4.42 Å². The molecule has 0 amide bonds. The highest BCUT2D eigenvalue weighted by molar-refractivity contribution is 5.78. The summed E-state index contributed by atoms with van der Waals surface area (Å²) in [6, 6.07) is 5.64. The van der Waals surface area contributed by atoms with Crippen molar-refractivity contribution in [2.24, 2.45) is 0 Å². The number of hydrogen-bond donors (Lipinski definition) is 1. The third kappa shape index (κ3) is 1.84. The van der Waals surface area contributed by atoms with E-state index in [1.807, 2.05) is 0 Å². The summed E-state index contributed by atoms with van der Waals surface area (Å²) in [5.74, 6) is -0.102. The molecular formula is C12H11FO3. The maximum Gasteiger partial charge on any atom is 0.137 e. The van der Waals surface area contributed by atoms with Crippen molar-refractivity contribution in [3.05, 3.63) is 35.8 Å². The Kier molecular flexibility index (Phi) is 2.52. The highest BCUT2D eigenvalue weighted by atomic mass is 19.1. The SMILES string of the molecule is CC(O)(CC=O)c1cc2cc(F)ccc2o1. The zero-order valence-corrected chi connectivity index (χ0v) is 8.74. The molecule has 4 heteroatoms. The third-order valence-electron chi connectivity index (χ3n) is 2.49. The summed E-state index contributed by atoms with van der Waals surface area (Å²) in [5, 5.41) is 10.5. The average Bonchev–Trinajstić information content (AvgIpc) is 2.61. The van der Waals surface area contributed by atoms with Crippen LogP contribution in [0.2, 0.25) is 0 Å². The number of halogens is 1. The molecule has 0 spiro atoms. The Bertz CT molecular complexity index is 528. The molecule has 0 aliphatic rings. The minimum absolute atomic E-state index is 0.0602. The number of hydrogen-bond acceptors (Lipinski definition) is 3. The molecule has 0 fully saturated rings. The molecule has 1 unspecified atom stereocenters. The molecule has 1 atom stereocenters. The van der Waals surface area contributed by atoms with E-state index >= 15 is 0 Å². The fourth-order valence-electron chi connectivity index (χ4n) is 1.54. The van der Waals surface area contributed by atoms with Crippen LogP contribution in [0.4, 0.5) is 4.39 Å². The number of rotatable bonds is 3. The minimum atomic E-state index is -1.35. The quantitative estimate of drug-likeness (QED) is 0.811. The topological polar surface area (TPSA) is 50.4 Å². The number of benzene rings is 1. The maximum atomic E-state index is 12.9. The van der Waals surface area contributed by atoms with Crippen molar-refractivity contribution in [1.29, 1.82) is 0 Å². The van der Waals surface area contributed by atoms with Crippen molar-refractivity contribution in [2.45, 2.75) is 18.9 Å². The molecule has 0 saturated carbocycles. The summed E-state index contributed by atoms with van der Waals surface area (Å²) >= 11 is 0. The first-order valence-corrected chi connectivity index (χ1v) is 4.88. The lowest BCUT2D eigenvalue weighted by Gasteiger charge is -2.16. The van der Waals surface area contributed by atoms with E-state index in [-0.39, 0.29) is 18.0 Å². The maximum absolute atomic E-state index is 12.9. The first-order valence-electron chi connectivity index (χ1n) is 4.88. The molecule has 0 radical (unpaired) electrons. The van der Waals surface area contributed by atoms with Crippen molar-refractivity contribution in [3.63, 3.8) is 0 Å². The number of carbonyl (C=O) groups excluding carboxylic acids is 1. The molecule has 3 nitrogen and oxygen atoms in total. The van der Waals surface area contributed by atoms with E-state index in [2.05, 4.69) is 0 Å². The summed E-state index contributed by atoms with van der Waals surface area (Å²) in [7, 11) is 0. The second-order valence-corrected chi connectivity index (χ2v) is 3.94. The summed E-state index contributed by atoms with van der Waals surface area (Å²) in [5.41, 5.74) is -0.861. The molecule has 1 N–H and O–H groups in total. The van der Waals surface area contributed by atoms with E-state index in [1.165, 1.54) is 25.1 Å². The predicted octanol–water partition coefficient (Wildman–Crippen LogP) is 2.37. The fourth-order valence-corrected chi connectivity index (χ4v) is 1.54. The van der Waals surface area contributed by atoms with Gasteiger partial charge in [0.25, 0.3) is 0 Å². The molecule has 1 aromatic heterocycles. The monoisotopic (exact) mass is 222 g/mol. The van der Waals surface area contributed by atoms with Gasteiger partial charge in [-0.25, -0.2) is 4.39 Å². The number of furan rings is 1. The third-order valence-corrected chi connectivity index (χ3v) is 2.49. The van der Waals surface area contributed by atoms with E-state index in [9.17, 15) is 14.3 Å². The highest BCUT2D eigenvalue weighted by Gasteiger charge is 2.26. The second kappa shape index (κ2) is 3.72. The highest BCUT2D eigenvalue weighted by Crippen LogP contribution is 2.29. The van der Waals surface area contributed by atoms with Gasteiger partial charge < -0.3 is 14.3 Å². The van der Waals surface area contributed by atoms with E-state index in [1.54, 1.807) is 6.07 Å². The summed E-state index contributed by atoms with van der Waals surface area (Å²) in [6.45, 7) is 1.48. The molecule has 84 valence electrons. The van der Waals surface area contributed by atoms with Gasteiger partial charge in [-0.1, -0.05) is 0 Å². The Morgan fingerprint density at radius 2 is 2.25 bits per heavy atom. The van der Waals surface area contributed by atoms with Gasteiger partial charge in [0.05, 0.1) is 0 Å². The van der Waals surface area contributed by atoms with Gasteiger partial charge in [-0.2, -0.15) is 0 Å². The summed E-state index contributed by atoms with van der Waals surface area (Å²) in [4.78, 5) is 10.4. The second-order valence-electron chi connectivity index (χ2n) is 3.94. The van der Waals surface area contributed by atoms with Gasteiger partial charge in [0.1, 0.15) is 29.0 Å². The number of aliphatic hydroxyl groups is 1. The largest absolute Gasteiger partial charge is 0.458 e. The first kappa shape index (κ1) is 10.8. The van der Waals surface area contributed by atoms with Crippen molar-refractivity contribution < 1.29 is 18.7 Å². The number of aldehydes is 1. The van der Waals surface area contributed by atoms with E-state index in [0.29, 0.717) is 17.3 Å². The van der Waals surface area contributed by atoms with E-state index in [0.717, 1.165) is 0 Å². The van der Waals surface area contributed by atoms with Crippen molar-refractivity contribution >= 4 is 17.3 Å². The zero-order chi connectivity index (χ0) is 11.8. The Hall–Kier alpha value is -1.68. The predicted molar refractivity (Wildman–Crippen MR) is 56.4 cm³/mol. The van der Waals surface area contributed by atoms with Crippen LogP contribution in [-0.4, -0.2) is 11.4 Å². The molecule has 1 aromatic carbocycles. The molecule has 1 heterocycles. The summed E-state index contributed by atoms with van der Waals surface area (Å²) in [6.07, 6.45) is 0.559. The molecule has 2 rings (SSSR count). The molecule has 2 aromatic rings. The molecule has 0 saturated heterocycles. The molecule has 0 bridgehead atoms. The van der Waals surface area contributed by atoms with Gasteiger partial charge in [-0.05, 0) is 31.2 Å². The minimum Gasteiger partial charge on any atom is -0.458 e. The standard InChI is InChI=1S/C12H11FO3/c1-12(15,4-5-14)11-7-8-6-9(13)2-3-10(8)16-11/h2-3,5-7,15H,4H2,1H3. The molecule has 0 aliphatic carbocycles.